The highest BCUT2D eigenvalue weighted by Crippen LogP contribution is 2.20. The third kappa shape index (κ3) is 5.08. The summed E-state index contributed by atoms with van der Waals surface area (Å²) < 4.78 is 5.00. The number of amides is 2. The van der Waals surface area contributed by atoms with E-state index in [9.17, 15) is 14.4 Å². The quantitative estimate of drug-likeness (QED) is 0.584. The number of aryl methyl sites for hydroxylation is 1. The minimum atomic E-state index is -0.486. The van der Waals surface area contributed by atoms with Gasteiger partial charge in [0.2, 0.25) is 0 Å². The van der Waals surface area contributed by atoms with E-state index in [2.05, 4.69) is 10.3 Å². The first kappa shape index (κ1) is 20.7. The number of hydrogen-bond acceptors (Lipinski definition) is 4. The number of carbonyl (C=O) groups is 3. The number of ether oxygens (including phenoxy) is 1. The van der Waals surface area contributed by atoms with Gasteiger partial charge in [0.1, 0.15) is 5.69 Å². The fourth-order valence-electron chi connectivity index (χ4n) is 2.63. The molecule has 0 saturated carbocycles. The topological polar surface area (TPSA) is 91.5 Å². The van der Waals surface area contributed by atoms with Crippen molar-refractivity contribution >= 4 is 17.8 Å². The van der Waals surface area contributed by atoms with Gasteiger partial charge in [0.15, 0.2) is 5.78 Å². The number of Topliss-reactive ketones (excluding diaryl/α,β-unsaturated/α-hetero) is 1. The Balaban J connectivity index is 3.06. The number of aromatic nitrogens is 1. The molecule has 0 spiro atoms. The molecule has 7 nitrogen and oxygen atoms in total. The highest BCUT2D eigenvalue weighted by atomic mass is 16.5. The van der Waals surface area contributed by atoms with Crippen LogP contribution in [0.15, 0.2) is 0 Å². The minimum Gasteiger partial charge on any atom is -0.461 e. The van der Waals surface area contributed by atoms with Crippen LogP contribution >= 0.6 is 0 Å². The van der Waals surface area contributed by atoms with E-state index in [-0.39, 0.29) is 42.7 Å². The van der Waals surface area contributed by atoms with E-state index in [1.807, 2.05) is 27.7 Å². The zero-order valence-electron chi connectivity index (χ0n) is 16.1. The lowest BCUT2D eigenvalue weighted by Gasteiger charge is -2.27. The summed E-state index contributed by atoms with van der Waals surface area (Å²) in [6.45, 7) is 12.8. The average molecular weight is 351 g/mol. The lowest BCUT2D eigenvalue weighted by Crippen LogP contribution is -2.48. The number of ketones is 1. The van der Waals surface area contributed by atoms with Gasteiger partial charge in [0.25, 0.3) is 0 Å². The molecule has 1 aromatic rings. The van der Waals surface area contributed by atoms with Crippen LogP contribution in [-0.2, 0) is 4.74 Å². The van der Waals surface area contributed by atoms with E-state index in [4.69, 9.17) is 4.74 Å². The molecule has 0 unspecified atom stereocenters. The Morgan fingerprint density at radius 1 is 1.16 bits per heavy atom. The summed E-state index contributed by atoms with van der Waals surface area (Å²) in [5.74, 6) is -0.699. The van der Waals surface area contributed by atoms with Crippen LogP contribution in [0.5, 0.6) is 0 Å². The van der Waals surface area contributed by atoms with Crippen LogP contribution in [0.3, 0.4) is 0 Å². The standard InChI is InChI=1S/C18H29N3O4/c1-8-25-17(23)16-12(6)15(13(7)20-16)14(22)9-21(11(4)5)18(24)19-10(2)3/h10-11,20H,8-9H2,1-7H3,(H,19,24). The highest BCUT2D eigenvalue weighted by Gasteiger charge is 2.26. The van der Waals surface area contributed by atoms with E-state index in [1.54, 1.807) is 20.8 Å². The summed E-state index contributed by atoms with van der Waals surface area (Å²) in [5.41, 5.74) is 1.86. The van der Waals surface area contributed by atoms with Crippen molar-refractivity contribution < 1.29 is 19.1 Å². The van der Waals surface area contributed by atoms with Crippen LogP contribution in [0.25, 0.3) is 0 Å². The number of urea groups is 1. The average Bonchev–Trinajstić information content (AvgIpc) is 2.78. The van der Waals surface area contributed by atoms with Gasteiger partial charge in [-0.15, -0.1) is 0 Å². The molecule has 0 saturated heterocycles. The number of nitrogens with zero attached hydrogens (tertiary/aromatic N) is 1. The summed E-state index contributed by atoms with van der Waals surface area (Å²) in [4.78, 5) is 41.5. The number of hydrogen-bond donors (Lipinski definition) is 2. The van der Waals surface area contributed by atoms with E-state index in [0.29, 0.717) is 16.8 Å². The first-order chi connectivity index (χ1) is 11.6. The lowest BCUT2D eigenvalue weighted by atomic mass is 10.0. The second-order valence-electron chi connectivity index (χ2n) is 6.59. The fourth-order valence-corrected chi connectivity index (χ4v) is 2.63. The molecular weight excluding hydrogens is 322 g/mol. The van der Waals surface area contributed by atoms with Crippen molar-refractivity contribution in [3.63, 3.8) is 0 Å². The Labute approximate surface area is 149 Å². The molecular formula is C18H29N3O4. The number of aromatic amines is 1. The maximum atomic E-state index is 12.8. The van der Waals surface area contributed by atoms with Crippen molar-refractivity contribution in [2.24, 2.45) is 0 Å². The SMILES string of the molecule is CCOC(=O)c1[nH]c(C)c(C(=O)CN(C(=O)NC(C)C)C(C)C)c1C. The van der Waals surface area contributed by atoms with Gasteiger partial charge in [0.05, 0.1) is 13.2 Å². The molecule has 0 aliphatic carbocycles. The molecule has 2 N–H and O–H groups in total. The second kappa shape index (κ2) is 8.69. The Kier molecular flexibility index (Phi) is 7.21. The molecule has 25 heavy (non-hydrogen) atoms. The third-order valence-corrected chi connectivity index (χ3v) is 3.81. The molecule has 1 aromatic heterocycles. The van der Waals surface area contributed by atoms with Gasteiger partial charge in [-0.2, -0.15) is 0 Å². The fraction of sp³-hybridized carbons (Fsp3) is 0.611. The number of carbonyl (C=O) groups excluding carboxylic acids is 3. The van der Waals surface area contributed by atoms with Gasteiger partial charge in [-0.25, -0.2) is 9.59 Å². The molecule has 7 heteroatoms. The van der Waals surface area contributed by atoms with E-state index in [1.165, 1.54) is 4.90 Å². The maximum Gasteiger partial charge on any atom is 0.355 e. The van der Waals surface area contributed by atoms with Gasteiger partial charge >= 0.3 is 12.0 Å². The molecule has 0 aliphatic heterocycles. The summed E-state index contributed by atoms with van der Waals surface area (Å²) >= 11 is 0. The van der Waals surface area contributed by atoms with Gasteiger partial charge < -0.3 is 19.9 Å². The second-order valence-corrected chi connectivity index (χ2v) is 6.59. The summed E-state index contributed by atoms with van der Waals surface area (Å²) in [6.07, 6.45) is 0. The predicted molar refractivity (Wildman–Crippen MR) is 96.1 cm³/mol. The van der Waals surface area contributed by atoms with Gasteiger partial charge in [-0.3, -0.25) is 4.79 Å². The van der Waals surface area contributed by atoms with Crippen LogP contribution in [0.4, 0.5) is 4.79 Å². The zero-order valence-corrected chi connectivity index (χ0v) is 16.1. The Morgan fingerprint density at radius 3 is 2.24 bits per heavy atom. The molecule has 2 amide bonds. The van der Waals surface area contributed by atoms with Crippen molar-refractivity contribution in [3.05, 3.63) is 22.5 Å². The number of rotatable bonds is 7. The normalized spacial score (nSPS) is 10.9. The van der Waals surface area contributed by atoms with Crippen molar-refractivity contribution in [2.75, 3.05) is 13.2 Å². The number of H-pyrrole nitrogens is 1. The lowest BCUT2D eigenvalue weighted by molar-refractivity contribution is 0.0519. The monoisotopic (exact) mass is 351 g/mol. The van der Waals surface area contributed by atoms with Gasteiger partial charge in [0, 0.05) is 23.3 Å². The van der Waals surface area contributed by atoms with Crippen molar-refractivity contribution in [1.82, 2.24) is 15.2 Å². The first-order valence-corrected chi connectivity index (χ1v) is 8.56. The molecule has 0 atom stereocenters. The highest BCUT2D eigenvalue weighted by molar-refractivity contribution is 6.04. The Bertz CT molecular complexity index is 647. The molecule has 140 valence electrons. The third-order valence-electron chi connectivity index (χ3n) is 3.81. The number of nitrogens with one attached hydrogen (secondary N) is 2. The maximum absolute atomic E-state index is 12.8. The Hall–Kier alpha value is -2.31. The van der Waals surface area contributed by atoms with Gasteiger partial charge in [-0.1, -0.05) is 0 Å². The molecule has 0 aromatic carbocycles. The molecule has 1 rings (SSSR count). The molecule has 0 aliphatic rings. The van der Waals surface area contributed by atoms with E-state index < -0.39 is 5.97 Å². The van der Waals surface area contributed by atoms with Crippen LogP contribution in [0, 0.1) is 13.8 Å². The van der Waals surface area contributed by atoms with E-state index >= 15 is 0 Å². The van der Waals surface area contributed by atoms with E-state index in [0.717, 1.165) is 0 Å². The minimum absolute atomic E-state index is 0.0185. The zero-order chi connectivity index (χ0) is 19.3. The van der Waals surface area contributed by atoms with Crippen LogP contribution in [-0.4, -0.2) is 52.9 Å². The molecule has 0 fully saturated rings. The molecule has 0 bridgehead atoms. The number of esters is 1. The van der Waals surface area contributed by atoms with Crippen LogP contribution < -0.4 is 5.32 Å². The largest absolute Gasteiger partial charge is 0.461 e. The Morgan fingerprint density at radius 2 is 1.76 bits per heavy atom. The predicted octanol–water partition coefficient (Wildman–Crippen LogP) is 2.82. The molecule has 0 radical (unpaired) electrons. The van der Waals surface area contributed by atoms with Crippen LogP contribution in [0.2, 0.25) is 0 Å². The van der Waals surface area contributed by atoms with Crippen molar-refractivity contribution in [2.45, 2.75) is 60.5 Å². The summed E-state index contributed by atoms with van der Waals surface area (Å²) in [6, 6.07) is -0.434. The summed E-state index contributed by atoms with van der Waals surface area (Å²) in [7, 11) is 0. The first-order valence-electron chi connectivity index (χ1n) is 8.56. The van der Waals surface area contributed by atoms with Crippen molar-refractivity contribution in [1.29, 1.82) is 0 Å². The van der Waals surface area contributed by atoms with Crippen LogP contribution in [0.1, 0.15) is 66.7 Å². The molecule has 1 heterocycles. The van der Waals surface area contributed by atoms with Crippen molar-refractivity contribution in [3.8, 4) is 0 Å². The summed E-state index contributed by atoms with van der Waals surface area (Å²) in [5, 5.41) is 2.80. The van der Waals surface area contributed by atoms with Gasteiger partial charge in [-0.05, 0) is 54.0 Å². The smallest absolute Gasteiger partial charge is 0.355 e.